The fourth-order valence-electron chi connectivity index (χ4n) is 2.48. The van der Waals surface area contributed by atoms with Gasteiger partial charge < -0.3 is 5.11 Å². The standard InChI is InChI=1S/C11H18F2O2/c1-10(2)5-3-4-8(6-10)7-11(12,13)9(14)15/h8H,3-7H2,1-2H3,(H,14,15). The van der Waals surface area contributed by atoms with Crippen LogP contribution < -0.4 is 0 Å². The molecular weight excluding hydrogens is 202 g/mol. The average molecular weight is 220 g/mol. The maximum atomic E-state index is 13.0. The van der Waals surface area contributed by atoms with Gasteiger partial charge in [-0.3, -0.25) is 0 Å². The van der Waals surface area contributed by atoms with Crippen molar-refractivity contribution < 1.29 is 18.7 Å². The van der Waals surface area contributed by atoms with E-state index in [1.807, 2.05) is 0 Å². The van der Waals surface area contributed by atoms with Crippen molar-refractivity contribution >= 4 is 5.97 Å². The zero-order chi connectivity index (χ0) is 11.7. The number of rotatable bonds is 3. The Balaban J connectivity index is 2.55. The molecule has 0 aromatic carbocycles. The van der Waals surface area contributed by atoms with Crippen LogP contribution in [0.25, 0.3) is 0 Å². The molecule has 1 saturated carbocycles. The van der Waals surface area contributed by atoms with Crippen LogP contribution in [-0.4, -0.2) is 17.0 Å². The molecule has 0 saturated heterocycles. The van der Waals surface area contributed by atoms with Crippen molar-refractivity contribution in [1.82, 2.24) is 0 Å². The first kappa shape index (κ1) is 12.4. The van der Waals surface area contributed by atoms with Crippen molar-refractivity contribution in [2.24, 2.45) is 11.3 Å². The summed E-state index contributed by atoms with van der Waals surface area (Å²) in [6, 6.07) is 0. The van der Waals surface area contributed by atoms with Crippen molar-refractivity contribution in [2.45, 2.75) is 51.9 Å². The maximum absolute atomic E-state index is 13.0. The molecule has 0 bridgehead atoms. The Labute approximate surface area is 88.7 Å². The molecule has 15 heavy (non-hydrogen) atoms. The third kappa shape index (κ3) is 3.43. The van der Waals surface area contributed by atoms with Crippen molar-refractivity contribution in [3.8, 4) is 0 Å². The summed E-state index contributed by atoms with van der Waals surface area (Å²) in [7, 11) is 0. The van der Waals surface area contributed by atoms with Gasteiger partial charge in [0.1, 0.15) is 0 Å². The Morgan fingerprint density at radius 2 is 2.13 bits per heavy atom. The predicted molar refractivity (Wildman–Crippen MR) is 52.9 cm³/mol. The van der Waals surface area contributed by atoms with Crippen LogP contribution in [0.2, 0.25) is 0 Å². The molecule has 4 heteroatoms. The van der Waals surface area contributed by atoms with Gasteiger partial charge in [-0.1, -0.05) is 26.7 Å². The molecule has 1 N–H and O–H groups in total. The summed E-state index contributed by atoms with van der Waals surface area (Å²) in [5.74, 6) is -5.70. The lowest BCUT2D eigenvalue weighted by molar-refractivity contribution is -0.168. The molecule has 1 aliphatic carbocycles. The number of alkyl halides is 2. The quantitative estimate of drug-likeness (QED) is 0.792. The molecule has 1 aliphatic rings. The first-order valence-corrected chi connectivity index (χ1v) is 5.34. The second-order valence-corrected chi connectivity index (χ2v) is 5.34. The Hall–Kier alpha value is -0.670. The molecule has 88 valence electrons. The van der Waals surface area contributed by atoms with E-state index in [1.54, 1.807) is 0 Å². The van der Waals surface area contributed by atoms with Gasteiger partial charge in [0.15, 0.2) is 0 Å². The second-order valence-electron chi connectivity index (χ2n) is 5.34. The number of carboxylic acid groups (broad SMARTS) is 1. The molecule has 0 aromatic rings. The van der Waals surface area contributed by atoms with E-state index < -0.39 is 18.3 Å². The lowest BCUT2D eigenvalue weighted by Crippen LogP contribution is -2.34. The smallest absolute Gasteiger partial charge is 0.374 e. The van der Waals surface area contributed by atoms with E-state index in [4.69, 9.17) is 5.11 Å². The van der Waals surface area contributed by atoms with E-state index in [1.165, 1.54) is 0 Å². The third-order valence-corrected chi connectivity index (χ3v) is 3.17. The number of carbonyl (C=O) groups is 1. The van der Waals surface area contributed by atoms with Gasteiger partial charge >= 0.3 is 11.9 Å². The van der Waals surface area contributed by atoms with Gasteiger partial charge in [0, 0.05) is 6.42 Å². The lowest BCUT2D eigenvalue weighted by atomic mass is 9.71. The number of aliphatic carboxylic acids is 1. The average Bonchev–Trinajstić information content (AvgIpc) is 2.00. The minimum absolute atomic E-state index is 0.0809. The molecule has 1 fully saturated rings. The van der Waals surface area contributed by atoms with Gasteiger partial charge in [0.25, 0.3) is 0 Å². The molecule has 0 radical (unpaired) electrons. The topological polar surface area (TPSA) is 37.3 Å². The minimum Gasteiger partial charge on any atom is -0.477 e. The van der Waals surface area contributed by atoms with Crippen molar-refractivity contribution in [3.63, 3.8) is 0 Å². The Morgan fingerprint density at radius 1 is 1.53 bits per heavy atom. The predicted octanol–water partition coefficient (Wildman–Crippen LogP) is 3.31. The normalized spacial score (nSPS) is 26.3. The Morgan fingerprint density at radius 3 is 2.60 bits per heavy atom. The molecule has 0 amide bonds. The van der Waals surface area contributed by atoms with Gasteiger partial charge in [0.2, 0.25) is 0 Å². The molecule has 1 rings (SSSR count). The van der Waals surface area contributed by atoms with Crippen LogP contribution in [0.5, 0.6) is 0 Å². The summed E-state index contributed by atoms with van der Waals surface area (Å²) >= 11 is 0. The minimum atomic E-state index is -3.56. The molecule has 0 spiro atoms. The van der Waals surface area contributed by atoms with Gasteiger partial charge in [-0.05, 0) is 24.2 Å². The SMILES string of the molecule is CC1(C)CCCC(CC(F)(F)C(=O)O)C1. The number of hydrogen-bond donors (Lipinski definition) is 1. The third-order valence-electron chi connectivity index (χ3n) is 3.17. The number of carboxylic acids is 1. The molecular formula is C11H18F2O2. The maximum Gasteiger partial charge on any atom is 0.374 e. The highest BCUT2D eigenvalue weighted by molar-refractivity contribution is 5.75. The summed E-state index contributed by atoms with van der Waals surface area (Å²) < 4.78 is 26.0. The fraction of sp³-hybridized carbons (Fsp3) is 0.909. The van der Waals surface area contributed by atoms with Crippen LogP contribution >= 0.6 is 0 Å². The van der Waals surface area contributed by atoms with Crippen LogP contribution in [0.4, 0.5) is 8.78 Å². The van der Waals surface area contributed by atoms with Gasteiger partial charge in [0.05, 0.1) is 0 Å². The molecule has 1 atom stereocenters. The second kappa shape index (κ2) is 4.06. The summed E-state index contributed by atoms with van der Waals surface area (Å²) in [6.07, 6.45) is 2.89. The summed E-state index contributed by atoms with van der Waals surface area (Å²) in [6.45, 7) is 4.11. The summed E-state index contributed by atoms with van der Waals surface area (Å²) in [4.78, 5) is 10.3. The van der Waals surface area contributed by atoms with E-state index in [0.29, 0.717) is 6.42 Å². The lowest BCUT2D eigenvalue weighted by Gasteiger charge is -2.36. The summed E-state index contributed by atoms with van der Waals surface area (Å²) in [5, 5.41) is 8.35. The first-order chi connectivity index (χ1) is 6.73. The van der Waals surface area contributed by atoms with Crippen LogP contribution in [-0.2, 0) is 4.79 Å². The van der Waals surface area contributed by atoms with Crippen LogP contribution in [0.15, 0.2) is 0 Å². The highest BCUT2D eigenvalue weighted by Gasteiger charge is 2.42. The van der Waals surface area contributed by atoms with E-state index in [9.17, 15) is 13.6 Å². The summed E-state index contributed by atoms with van der Waals surface area (Å²) in [5.41, 5.74) is 0.0809. The van der Waals surface area contributed by atoms with Crippen molar-refractivity contribution in [2.75, 3.05) is 0 Å². The molecule has 1 unspecified atom stereocenters. The molecule has 0 aromatic heterocycles. The molecule has 0 heterocycles. The van der Waals surface area contributed by atoms with E-state index in [2.05, 4.69) is 13.8 Å². The Bertz CT molecular complexity index is 249. The molecule has 0 aliphatic heterocycles. The van der Waals surface area contributed by atoms with E-state index in [0.717, 1.165) is 19.3 Å². The largest absolute Gasteiger partial charge is 0.477 e. The highest BCUT2D eigenvalue weighted by atomic mass is 19.3. The first-order valence-electron chi connectivity index (χ1n) is 5.34. The van der Waals surface area contributed by atoms with E-state index >= 15 is 0 Å². The van der Waals surface area contributed by atoms with Crippen LogP contribution in [0.3, 0.4) is 0 Å². The van der Waals surface area contributed by atoms with Gasteiger partial charge in [-0.2, -0.15) is 8.78 Å². The van der Waals surface area contributed by atoms with E-state index in [-0.39, 0.29) is 11.3 Å². The zero-order valence-electron chi connectivity index (χ0n) is 9.22. The van der Waals surface area contributed by atoms with Crippen LogP contribution in [0.1, 0.15) is 46.0 Å². The van der Waals surface area contributed by atoms with Crippen molar-refractivity contribution in [3.05, 3.63) is 0 Å². The monoisotopic (exact) mass is 220 g/mol. The Kier molecular flexibility index (Phi) is 3.36. The fourth-order valence-corrected chi connectivity index (χ4v) is 2.48. The number of halogens is 2. The highest BCUT2D eigenvalue weighted by Crippen LogP contribution is 2.42. The van der Waals surface area contributed by atoms with Gasteiger partial charge in [-0.25, -0.2) is 4.79 Å². The van der Waals surface area contributed by atoms with Crippen LogP contribution in [0, 0.1) is 11.3 Å². The van der Waals surface area contributed by atoms with Gasteiger partial charge in [-0.15, -0.1) is 0 Å². The zero-order valence-corrected chi connectivity index (χ0v) is 9.22. The number of hydrogen-bond acceptors (Lipinski definition) is 1. The van der Waals surface area contributed by atoms with Crippen molar-refractivity contribution in [1.29, 1.82) is 0 Å². The molecule has 2 nitrogen and oxygen atoms in total.